The number of hydrogen-bond donors (Lipinski definition) is 2. The fraction of sp³-hybridized carbons (Fsp3) is 0.357. The van der Waals surface area contributed by atoms with Gasteiger partial charge in [0.15, 0.2) is 0 Å². The van der Waals surface area contributed by atoms with Crippen molar-refractivity contribution in [2.24, 2.45) is 0 Å². The fourth-order valence-corrected chi connectivity index (χ4v) is 1.83. The molecule has 0 fully saturated rings. The van der Waals surface area contributed by atoms with Crippen molar-refractivity contribution in [1.82, 2.24) is 4.98 Å². The second-order valence-electron chi connectivity index (χ2n) is 4.45. The molecular formula is C14H19N3O. The molecule has 96 valence electrons. The van der Waals surface area contributed by atoms with E-state index in [1.54, 1.807) is 6.20 Å². The predicted molar refractivity (Wildman–Crippen MR) is 75.7 cm³/mol. The van der Waals surface area contributed by atoms with Crippen LogP contribution < -0.4 is 11.1 Å². The Balaban J connectivity index is 2.11. The van der Waals surface area contributed by atoms with Crippen molar-refractivity contribution in [1.29, 1.82) is 0 Å². The summed E-state index contributed by atoms with van der Waals surface area (Å²) in [5.74, 6) is 0. The number of pyridine rings is 1. The average molecular weight is 245 g/mol. The molecular weight excluding hydrogens is 226 g/mol. The Morgan fingerprint density at radius 3 is 2.94 bits per heavy atom. The second kappa shape index (κ2) is 5.69. The second-order valence-corrected chi connectivity index (χ2v) is 4.45. The Kier molecular flexibility index (Phi) is 3.99. The number of rotatable bonds is 5. The van der Waals surface area contributed by atoms with E-state index in [4.69, 9.17) is 10.5 Å². The fourth-order valence-electron chi connectivity index (χ4n) is 1.83. The van der Waals surface area contributed by atoms with Gasteiger partial charge < -0.3 is 15.8 Å². The van der Waals surface area contributed by atoms with Crippen molar-refractivity contribution >= 4 is 22.3 Å². The lowest BCUT2D eigenvalue weighted by Gasteiger charge is -2.12. The number of anilines is 2. The molecule has 0 bridgehead atoms. The van der Waals surface area contributed by atoms with E-state index in [9.17, 15) is 0 Å². The Hall–Kier alpha value is -1.81. The first-order valence-electron chi connectivity index (χ1n) is 6.17. The normalized spacial score (nSPS) is 11.1. The quantitative estimate of drug-likeness (QED) is 0.628. The molecule has 18 heavy (non-hydrogen) atoms. The summed E-state index contributed by atoms with van der Waals surface area (Å²) >= 11 is 0. The SMILES string of the molecule is CC(C)OCCNc1ccc(N)c2ncccc12. The maximum Gasteiger partial charge on any atom is 0.0951 e. The molecule has 1 aromatic carbocycles. The van der Waals surface area contributed by atoms with Crippen LogP contribution in [0.3, 0.4) is 0 Å². The van der Waals surface area contributed by atoms with Crippen molar-refractivity contribution in [3.63, 3.8) is 0 Å². The van der Waals surface area contributed by atoms with E-state index in [1.807, 2.05) is 38.1 Å². The first-order chi connectivity index (χ1) is 8.68. The molecule has 4 nitrogen and oxygen atoms in total. The molecule has 4 heteroatoms. The highest BCUT2D eigenvalue weighted by atomic mass is 16.5. The number of hydrogen-bond acceptors (Lipinski definition) is 4. The molecule has 0 amide bonds. The Morgan fingerprint density at radius 1 is 1.33 bits per heavy atom. The smallest absolute Gasteiger partial charge is 0.0951 e. The lowest BCUT2D eigenvalue weighted by molar-refractivity contribution is 0.0871. The summed E-state index contributed by atoms with van der Waals surface area (Å²) < 4.78 is 5.50. The van der Waals surface area contributed by atoms with Crippen LogP contribution in [-0.4, -0.2) is 24.2 Å². The number of benzene rings is 1. The largest absolute Gasteiger partial charge is 0.397 e. The van der Waals surface area contributed by atoms with Crippen LogP contribution in [-0.2, 0) is 4.74 Å². The number of nitrogens with one attached hydrogen (secondary N) is 1. The van der Waals surface area contributed by atoms with Gasteiger partial charge >= 0.3 is 0 Å². The van der Waals surface area contributed by atoms with Crippen LogP contribution in [0, 0.1) is 0 Å². The first-order valence-corrected chi connectivity index (χ1v) is 6.17. The minimum Gasteiger partial charge on any atom is -0.397 e. The molecule has 0 aliphatic heterocycles. The highest BCUT2D eigenvalue weighted by molar-refractivity contribution is 5.98. The van der Waals surface area contributed by atoms with Gasteiger partial charge in [-0.1, -0.05) is 0 Å². The van der Waals surface area contributed by atoms with Crippen molar-refractivity contribution in [2.75, 3.05) is 24.2 Å². The first kappa shape index (κ1) is 12.6. The molecule has 2 rings (SSSR count). The lowest BCUT2D eigenvalue weighted by Crippen LogP contribution is -2.13. The van der Waals surface area contributed by atoms with Gasteiger partial charge in [-0.15, -0.1) is 0 Å². The zero-order valence-corrected chi connectivity index (χ0v) is 10.8. The van der Waals surface area contributed by atoms with Crippen molar-refractivity contribution in [3.05, 3.63) is 30.5 Å². The lowest BCUT2D eigenvalue weighted by atomic mass is 10.1. The number of aromatic nitrogens is 1. The molecule has 0 unspecified atom stereocenters. The number of nitrogens with zero attached hydrogens (tertiary/aromatic N) is 1. The number of ether oxygens (including phenoxy) is 1. The molecule has 0 saturated heterocycles. The van der Waals surface area contributed by atoms with E-state index in [1.165, 1.54) is 0 Å². The van der Waals surface area contributed by atoms with Gasteiger partial charge in [0.2, 0.25) is 0 Å². The van der Waals surface area contributed by atoms with Crippen molar-refractivity contribution < 1.29 is 4.74 Å². The van der Waals surface area contributed by atoms with Crippen LogP contribution >= 0.6 is 0 Å². The van der Waals surface area contributed by atoms with E-state index in [-0.39, 0.29) is 6.10 Å². The minimum atomic E-state index is 0.261. The third kappa shape index (κ3) is 2.90. The predicted octanol–water partition coefficient (Wildman–Crippen LogP) is 2.65. The highest BCUT2D eigenvalue weighted by Gasteiger charge is 2.04. The third-order valence-electron chi connectivity index (χ3n) is 2.67. The molecule has 0 aliphatic rings. The van der Waals surface area contributed by atoms with E-state index in [0.29, 0.717) is 12.3 Å². The topological polar surface area (TPSA) is 60.2 Å². The van der Waals surface area contributed by atoms with Crippen LogP contribution in [0.4, 0.5) is 11.4 Å². The minimum absolute atomic E-state index is 0.261. The van der Waals surface area contributed by atoms with Gasteiger partial charge in [-0.2, -0.15) is 0 Å². The number of nitrogens with two attached hydrogens (primary N) is 1. The Morgan fingerprint density at radius 2 is 2.17 bits per heavy atom. The maximum absolute atomic E-state index is 5.90. The summed E-state index contributed by atoms with van der Waals surface area (Å²) in [7, 11) is 0. The molecule has 0 radical (unpaired) electrons. The monoisotopic (exact) mass is 245 g/mol. The summed E-state index contributed by atoms with van der Waals surface area (Å²) in [6.45, 7) is 5.51. The van der Waals surface area contributed by atoms with Gasteiger partial charge in [0.1, 0.15) is 0 Å². The molecule has 0 spiro atoms. The molecule has 0 atom stereocenters. The van der Waals surface area contributed by atoms with E-state index < -0.39 is 0 Å². The summed E-state index contributed by atoms with van der Waals surface area (Å²) in [5.41, 5.74) is 8.49. The molecule has 1 heterocycles. The van der Waals surface area contributed by atoms with Crippen molar-refractivity contribution in [3.8, 4) is 0 Å². The maximum atomic E-state index is 5.90. The highest BCUT2D eigenvalue weighted by Crippen LogP contribution is 2.26. The summed E-state index contributed by atoms with van der Waals surface area (Å²) in [4.78, 5) is 4.30. The molecule has 0 aliphatic carbocycles. The molecule has 1 aromatic heterocycles. The van der Waals surface area contributed by atoms with Gasteiger partial charge in [-0.25, -0.2) is 0 Å². The average Bonchev–Trinajstić information content (AvgIpc) is 2.37. The van der Waals surface area contributed by atoms with Crippen molar-refractivity contribution in [2.45, 2.75) is 20.0 Å². The van der Waals surface area contributed by atoms with Crippen LogP contribution in [0.1, 0.15) is 13.8 Å². The van der Waals surface area contributed by atoms with Crippen LogP contribution in [0.5, 0.6) is 0 Å². The summed E-state index contributed by atoms with van der Waals surface area (Å²) in [6.07, 6.45) is 2.02. The van der Waals surface area contributed by atoms with Gasteiger partial charge in [0.05, 0.1) is 23.9 Å². The molecule has 0 saturated carbocycles. The summed E-state index contributed by atoms with van der Waals surface area (Å²) in [6, 6.07) is 7.79. The number of fused-ring (bicyclic) bond motifs is 1. The Bertz CT molecular complexity index is 525. The summed E-state index contributed by atoms with van der Waals surface area (Å²) in [5, 5.41) is 4.39. The van der Waals surface area contributed by atoms with Gasteiger partial charge in [0.25, 0.3) is 0 Å². The van der Waals surface area contributed by atoms with E-state index in [2.05, 4.69) is 10.3 Å². The van der Waals surface area contributed by atoms with Crippen LogP contribution in [0.15, 0.2) is 30.5 Å². The standard InChI is InChI=1S/C14H19N3O/c1-10(2)18-9-8-16-13-6-5-12(15)14-11(13)4-3-7-17-14/h3-7,10,16H,8-9,15H2,1-2H3. The van der Waals surface area contributed by atoms with E-state index >= 15 is 0 Å². The van der Waals surface area contributed by atoms with Gasteiger partial charge in [-0.3, -0.25) is 4.98 Å². The number of nitrogen functional groups attached to an aromatic ring is 1. The van der Waals surface area contributed by atoms with Crippen LogP contribution in [0.25, 0.3) is 10.9 Å². The Labute approximate surface area is 107 Å². The molecule has 2 aromatic rings. The molecule has 3 N–H and O–H groups in total. The zero-order chi connectivity index (χ0) is 13.0. The van der Waals surface area contributed by atoms with Crippen LogP contribution in [0.2, 0.25) is 0 Å². The third-order valence-corrected chi connectivity index (χ3v) is 2.67. The van der Waals surface area contributed by atoms with E-state index in [0.717, 1.165) is 23.1 Å². The van der Waals surface area contributed by atoms with Gasteiger partial charge in [-0.05, 0) is 38.1 Å². The van der Waals surface area contributed by atoms with Gasteiger partial charge in [0, 0.05) is 23.8 Å². The zero-order valence-electron chi connectivity index (χ0n) is 10.8.